The van der Waals surface area contributed by atoms with Gasteiger partial charge in [0.15, 0.2) is 0 Å². The summed E-state index contributed by atoms with van der Waals surface area (Å²) in [5.41, 5.74) is 0. The summed E-state index contributed by atoms with van der Waals surface area (Å²) in [6.45, 7) is 0. The molecule has 0 fully saturated rings. The Bertz CT molecular complexity index is 177. The van der Waals surface area contributed by atoms with Gasteiger partial charge in [0.2, 0.25) is 0 Å². The third-order valence-corrected chi connectivity index (χ3v) is 0.962. The van der Waals surface area contributed by atoms with Crippen LogP contribution < -0.4 is 0 Å². The van der Waals surface area contributed by atoms with Crippen molar-refractivity contribution in [2.24, 2.45) is 5.10 Å². The Morgan fingerprint density at radius 1 is 1.88 bits per heavy atom. The molecule has 0 saturated heterocycles. The molecule has 8 heavy (non-hydrogen) atoms. The number of rotatable bonds is 0. The van der Waals surface area contributed by atoms with Crippen molar-refractivity contribution < 1.29 is 0 Å². The van der Waals surface area contributed by atoms with Crippen molar-refractivity contribution in [3.8, 4) is 0 Å². The van der Waals surface area contributed by atoms with Gasteiger partial charge in [-0.25, -0.2) is 0 Å². The second-order valence-electron chi connectivity index (χ2n) is 1.45. The van der Waals surface area contributed by atoms with E-state index in [-0.39, 0.29) is 0 Å². The van der Waals surface area contributed by atoms with Crippen LogP contribution in [0, 0.1) is 0 Å². The SMILES string of the molecule is CN1C=CC(Cl)=C=N1. The van der Waals surface area contributed by atoms with Crippen LogP contribution >= 0.6 is 11.6 Å². The van der Waals surface area contributed by atoms with Gasteiger partial charge in [0.05, 0.1) is 0 Å². The van der Waals surface area contributed by atoms with Crippen molar-refractivity contribution in [1.82, 2.24) is 5.01 Å². The summed E-state index contributed by atoms with van der Waals surface area (Å²) >= 11 is 5.48. The Kier molecular flexibility index (Phi) is 1.38. The standard InChI is InChI=1S/C5H5ClN2/c1-8-3-2-5(6)4-7-8/h2-3H,1H3. The fourth-order valence-corrected chi connectivity index (χ4v) is 0.465. The maximum Gasteiger partial charge on any atom is 0.105 e. The Balaban J connectivity index is 2.86. The van der Waals surface area contributed by atoms with Gasteiger partial charge >= 0.3 is 0 Å². The van der Waals surface area contributed by atoms with Crippen LogP contribution in [0.15, 0.2) is 22.4 Å². The van der Waals surface area contributed by atoms with Gasteiger partial charge in [-0.2, -0.15) is 0 Å². The fourth-order valence-electron chi connectivity index (χ4n) is 0.371. The minimum atomic E-state index is 0.545. The molecule has 3 heteroatoms. The predicted molar refractivity (Wildman–Crippen MR) is 33.7 cm³/mol. The van der Waals surface area contributed by atoms with Gasteiger partial charge in [-0.1, -0.05) is 11.6 Å². The van der Waals surface area contributed by atoms with E-state index in [1.165, 1.54) is 0 Å². The molecule has 0 aliphatic carbocycles. The van der Waals surface area contributed by atoms with E-state index in [9.17, 15) is 0 Å². The van der Waals surface area contributed by atoms with E-state index < -0.39 is 0 Å². The van der Waals surface area contributed by atoms with Gasteiger partial charge in [0, 0.05) is 19.1 Å². The third-order valence-electron chi connectivity index (χ3n) is 0.751. The van der Waals surface area contributed by atoms with Gasteiger partial charge in [0.25, 0.3) is 0 Å². The molecule has 0 bridgehead atoms. The minimum Gasteiger partial charge on any atom is -0.268 e. The van der Waals surface area contributed by atoms with Gasteiger partial charge in [-0.3, -0.25) is 5.01 Å². The maximum atomic E-state index is 5.48. The van der Waals surface area contributed by atoms with Crippen LogP contribution in [0.1, 0.15) is 0 Å². The summed E-state index contributed by atoms with van der Waals surface area (Å²) < 4.78 is 0. The van der Waals surface area contributed by atoms with Crippen molar-refractivity contribution in [3.05, 3.63) is 17.3 Å². The van der Waals surface area contributed by atoms with Crippen LogP contribution in [0.4, 0.5) is 0 Å². The molecule has 0 atom stereocenters. The summed E-state index contributed by atoms with van der Waals surface area (Å²) in [5, 5.41) is 5.91. The van der Waals surface area contributed by atoms with Crippen LogP contribution in [0.25, 0.3) is 0 Å². The lowest BCUT2D eigenvalue weighted by molar-refractivity contribution is 0.492. The highest BCUT2D eigenvalue weighted by atomic mass is 35.5. The summed E-state index contributed by atoms with van der Waals surface area (Å²) in [4.78, 5) is 0. The maximum absolute atomic E-state index is 5.48. The second-order valence-corrected chi connectivity index (χ2v) is 1.86. The summed E-state index contributed by atoms with van der Waals surface area (Å²) in [5.74, 6) is 2.58. The highest BCUT2D eigenvalue weighted by Crippen LogP contribution is 2.02. The highest BCUT2D eigenvalue weighted by molar-refractivity contribution is 6.35. The Hall–Kier alpha value is -0.720. The first-order valence-corrected chi connectivity index (χ1v) is 2.57. The van der Waals surface area contributed by atoms with Crippen molar-refractivity contribution in [3.63, 3.8) is 0 Å². The van der Waals surface area contributed by atoms with E-state index in [1.54, 1.807) is 17.3 Å². The first-order valence-electron chi connectivity index (χ1n) is 2.19. The molecule has 0 saturated carbocycles. The normalized spacial score (nSPS) is 16.8. The smallest absolute Gasteiger partial charge is 0.105 e. The van der Waals surface area contributed by atoms with Crippen LogP contribution in [-0.2, 0) is 0 Å². The largest absolute Gasteiger partial charge is 0.268 e. The molecule has 0 aromatic carbocycles. The number of allylic oxidation sites excluding steroid dienone is 2. The lowest BCUT2D eigenvalue weighted by atomic mass is 10.5. The van der Waals surface area contributed by atoms with E-state index >= 15 is 0 Å². The molecule has 1 rings (SSSR count). The van der Waals surface area contributed by atoms with Crippen LogP contribution in [0.5, 0.6) is 0 Å². The average Bonchev–Trinajstić information content (AvgIpc) is 1.77. The van der Waals surface area contributed by atoms with Gasteiger partial charge in [0.1, 0.15) is 5.03 Å². The Labute approximate surface area is 52.7 Å². The fraction of sp³-hybridized carbons (Fsp3) is 0.200. The first-order chi connectivity index (χ1) is 3.79. The quantitative estimate of drug-likeness (QED) is 0.478. The minimum absolute atomic E-state index is 0.545. The number of hydrogen-bond acceptors (Lipinski definition) is 2. The molecular formula is C5H5ClN2. The van der Waals surface area contributed by atoms with Crippen molar-refractivity contribution in [2.75, 3.05) is 7.05 Å². The van der Waals surface area contributed by atoms with Crippen molar-refractivity contribution >= 4 is 17.5 Å². The number of nitrogens with zero attached hydrogens (tertiary/aromatic N) is 2. The van der Waals surface area contributed by atoms with Crippen molar-refractivity contribution in [2.45, 2.75) is 0 Å². The Morgan fingerprint density at radius 3 is 3.00 bits per heavy atom. The molecule has 1 heterocycles. The number of hydrazone groups is 1. The van der Waals surface area contributed by atoms with Crippen LogP contribution in [-0.4, -0.2) is 17.9 Å². The van der Waals surface area contributed by atoms with Gasteiger partial charge in [-0.05, 0) is 6.08 Å². The van der Waals surface area contributed by atoms with Gasteiger partial charge < -0.3 is 0 Å². The van der Waals surface area contributed by atoms with E-state index in [0.29, 0.717) is 5.03 Å². The molecule has 0 aromatic rings. The monoisotopic (exact) mass is 128 g/mol. The molecule has 0 aromatic heterocycles. The predicted octanol–water partition coefficient (Wildman–Crippen LogP) is 1.15. The van der Waals surface area contributed by atoms with Crippen molar-refractivity contribution in [1.29, 1.82) is 0 Å². The number of halogens is 1. The second kappa shape index (κ2) is 2.03. The van der Waals surface area contributed by atoms with Crippen LogP contribution in [0.2, 0.25) is 0 Å². The summed E-state index contributed by atoms with van der Waals surface area (Å²) in [6, 6.07) is 0. The Morgan fingerprint density at radius 2 is 2.62 bits per heavy atom. The molecule has 1 aliphatic rings. The summed E-state index contributed by atoms with van der Waals surface area (Å²) in [7, 11) is 1.81. The summed E-state index contributed by atoms with van der Waals surface area (Å²) in [6.07, 6.45) is 3.49. The van der Waals surface area contributed by atoms with E-state index in [0.717, 1.165) is 0 Å². The first kappa shape index (κ1) is 5.42. The average molecular weight is 129 g/mol. The number of hydrogen-bond donors (Lipinski definition) is 0. The molecule has 0 amide bonds. The molecule has 0 spiro atoms. The molecule has 0 radical (unpaired) electrons. The topological polar surface area (TPSA) is 15.6 Å². The van der Waals surface area contributed by atoms with E-state index in [1.807, 2.05) is 7.05 Å². The van der Waals surface area contributed by atoms with E-state index in [4.69, 9.17) is 11.6 Å². The van der Waals surface area contributed by atoms with E-state index in [2.05, 4.69) is 11.0 Å². The lowest BCUT2D eigenvalue weighted by Gasteiger charge is -2.04. The van der Waals surface area contributed by atoms with Gasteiger partial charge in [-0.15, -0.1) is 5.10 Å². The molecule has 42 valence electrons. The molecular weight excluding hydrogens is 124 g/mol. The zero-order valence-electron chi connectivity index (χ0n) is 4.43. The zero-order chi connectivity index (χ0) is 5.98. The highest BCUT2D eigenvalue weighted by Gasteiger charge is 1.89. The molecule has 0 N–H and O–H groups in total. The molecule has 2 nitrogen and oxygen atoms in total. The zero-order valence-corrected chi connectivity index (χ0v) is 5.18. The lowest BCUT2D eigenvalue weighted by Crippen LogP contribution is -2.01. The molecule has 1 aliphatic heterocycles. The molecule has 0 unspecified atom stereocenters. The van der Waals surface area contributed by atoms with Crippen LogP contribution in [0.3, 0.4) is 0 Å². The third kappa shape index (κ3) is 1.12.